The summed E-state index contributed by atoms with van der Waals surface area (Å²) in [5.41, 5.74) is 10.6. The van der Waals surface area contributed by atoms with Crippen molar-refractivity contribution in [3.63, 3.8) is 0 Å². The molecule has 0 atom stereocenters. The number of hydrogen-bond donors (Lipinski definition) is 5. The molecule has 7 aromatic carbocycles. The zero-order valence-corrected chi connectivity index (χ0v) is 52.5. The number of H-pyrrole nitrogens is 1. The number of aromatic nitrogens is 12. The van der Waals surface area contributed by atoms with Crippen LogP contribution in [0.1, 0.15) is 72.1 Å². The molecular formula is C71H76N18O2. The molecule has 11 rings (SSSR count). The maximum atomic E-state index is 13.4. The van der Waals surface area contributed by atoms with Gasteiger partial charge in [-0.05, 0) is 109 Å². The number of carbonyl (C=O) groups excluding carboxylic acids is 2. The summed E-state index contributed by atoms with van der Waals surface area (Å²) in [5.74, 6) is 3.13. The summed E-state index contributed by atoms with van der Waals surface area (Å²) in [7, 11) is 0. The second kappa shape index (κ2) is 29.8. The van der Waals surface area contributed by atoms with Gasteiger partial charge in [-0.15, -0.1) is 25.2 Å². The smallest absolute Gasteiger partial charge is 0.326 e. The molecule has 0 bridgehead atoms. The molecule has 0 aliphatic rings. The van der Waals surface area contributed by atoms with E-state index < -0.39 is 17.6 Å². The Labute approximate surface area is 531 Å². The summed E-state index contributed by atoms with van der Waals surface area (Å²) >= 11 is 0. The van der Waals surface area contributed by atoms with Gasteiger partial charge in [0.15, 0.2) is 5.54 Å². The molecule has 5 N–H and O–H groups in total. The molecule has 4 aromatic heterocycles. The number of aromatic amines is 1. The molecular weight excluding hydrogens is 1140 g/mol. The van der Waals surface area contributed by atoms with Crippen LogP contribution in [0.15, 0.2) is 213 Å². The molecule has 4 amide bonds. The Morgan fingerprint density at radius 3 is 1.19 bits per heavy atom. The highest BCUT2D eigenvalue weighted by Gasteiger charge is 2.41. The van der Waals surface area contributed by atoms with Crippen LogP contribution < -0.4 is 31.1 Å². The molecule has 0 unspecified atom stereocenters. The summed E-state index contributed by atoms with van der Waals surface area (Å²) in [6.07, 6.45) is 6.34. The van der Waals surface area contributed by atoms with E-state index >= 15 is 0 Å². The maximum absolute atomic E-state index is 13.4. The highest BCUT2D eigenvalue weighted by atomic mass is 16.2. The van der Waals surface area contributed by atoms with Gasteiger partial charge in [-0.3, -0.25) is 10.6 Å². The molecule has 20 heteroatoms. The highest BCUT2D eigenvalue weighted by molar-refractivity contribution is 6.03. The molecule has 91 heavy (non-hydrogen) atoms. The van der Waals surface area contributed by atoms with Crippen LogP contribution >= 0.6 is 0 Å². The first kappa shape index (κ1) is 63.0. The predicted octanol–water partition coefficient (Wildman–Crippen LogP) is 14.5. The molecule has 4 heterocycles. The first-order chi connectivity index (χ1) is 44.2. The minimum atomic E-state index is -0.908. The summed E-state index contributed by atoms with van der Waals surface area (Å²) in [4.78, 5) is 49.3. The third-order valence-corrected chi connectivity index (χ3v) is 14.7. The van der Waals surface area contributed by atoms with E-state index in [9.17, 15) is 9.59 Å². The lowest BCUT2D eigenvalue weighted by molar-refractivity contribution is 0.261. The normalized spacial score (nSPS) is 11.3. The van der Waals surface area contributed by atoms with E-state index in [0.717, 1.165) is 87.6 Å². The molecule has 20 nitrogen and oxygen atoms in total. The van der Waals surface area contributed by atoms with Crippen LogP contribution in [0.25, 0.3) is 45.0 Å². The molecule has 0 fully saturated rings. The minimum absolute atomic E-state index is 0.219. The SMILES string of the molecule is CC(C)CN(CC(C)C)c1ccc(-c2ccccc2-c2nn[nH]n2)cc1NC(=O)Nc1ncccn1.CC(C)CN(CC(C)C)c1ccc(-c2ccccc2-c2nnn(C(c3ccccc3)(c3ccccc3)c3ccccc3)n2)cc1NC(=O)Nc1ncccn1. The summed E-state index contributed by atoms with van der Waals surface area (Å²) in [6.45, 7) is 20.9. The minimum Gasteiger partial charge on any atom is -0.369 e. The van der Waals surface area contributed by atoms with E-state index in [1.165, 1.54) is 0 Å². The van der Waals surface area contributed by atoms with E-state index in [2.05, 4.69) is 188 Å². The maximum Gasteiger partial charge on any atom is 0.326 e. The number of carbonyl (C=O) groups is 2. The molecule has 0 spiro atoms. The van der Waals surface area contributed by atoms with Gasteiger partial charge < -0.3 is 20.4 Å². The number of hydrogen-bond acceptors (Lipinski definition) is 14. The third kappa shape index (κ3) is 15.6. The Balaban J connectivity index is 0.000000219. The quantitative estimate of drug-likeness (QED) is 0.0397. The van der Waals surface area contributed by atoms with Gasteiger partial charge >= 0.3 is 12.1 Å². The first-order valence-electron chi connectivity index (χ1n) is 30.6. The van der Waals surface area contributed by atoms with Gasteiger partial charge in [0.2, 0.25) is 23.5 Å². The van der Waals surface area contributed by atoms with Crippen LogP contribution in [0.2, 0.25) is 0 Å². The Hall–Kier alpha value is -11.0. The summed E-state index contributed by atoms with van der Waals surface area (Å²) < 4.78 is 0. The Bertz CT molecular complexity index is 3980. The third-order valence-electron chi connectivity index (χ3n) is 14.7. The van der Waals surface area contributed by atoms with Crippen molar-refractivity contribution in [2.75, 3.05) is 57.2 Å². The van der Waals surface area contributed by atoms with Crippen LogP contribution in [-0.4, -0.2) is 99.0 Å². The average Bonchev–Trinajstić information content (AvgIpc) is 1.58. The lowest BCUT2D eigenvalue weighted by Crippen LogP contribution is -2.39. The number of nitrogens with zero attached hydrogens (tertiary/aromatic N) is 13. The zero-order chi connectivity index (χ0) is 63.7. The zero-order valence-electron chi connectivity index (χ0n) is 52.5. The van der Waals surface area contributed by atoms with E-state index in [1.807, 2.05) is 115 Å². The summed E-state index contributed by atoms with van der Waals surface area (Å²) in [5, 5.41) is 40.9. The van der Waals surface area contributed by atoms with Crippen molar-refractivity contribution < 1.29 is 9.59 Å². The van der Waals surface area contributed by atoms with Crippen LogP contribution in [0.3, 0.4) is 0 Å². The van der Waals surface area contributed by atoms with E-state index in [-0.39, 0.29) is 11.9 Å². The Morgan fingerprint density at radius 2 is 0.813 bits per heavy atom. The van der Waals surface area contributed by atoms with Gasteiger partial charge in [0.05, 0.1) is 22.7 Å². The number of benzene rings is 7. The summed E-state index contributed by atoms with van der Waals surface area (Å²) in [6, 6.07) is 61.6. The fourth-order valence-corrected chi connectivity index (χ4v) is 11.2. The van der Waals surface area contributed by atoms with E-state index in [4.69, 9.17) is 15.4 Å². The fraction of sp³-hybridized carbons (Fsp3) is 0.239. The number of rotatable bonds is 22. The van der Waals surface area contributed by atoms with Crippen LogP contribution in [-0.2, 0) is 5.54 Å². The number of amides is 4. The molecule has 0 radical (unpaired) electrons. The average molecular weight is 1210 g/mol. The topological polar surface area (TPSA) is 238 Å². The molecule has 0 saturated carbocycles. The first-order valence-corrected chi connectivity index (χ1v) is 30.6. The predicted molar refractivity (Wildman–Crippen MR) is 361 cm³/mol. The van der Waals surface area contributed by atoms with Crippen LogP contribution in [0, 0.1) is 23.7 Å². The van der Waals surface area contributed by atoms with E-state index in [1.54, 1.807) is 41.7 Å². The fourth-order valence-electron chi connectivity index (χ4n) is 11.2. The van der Waals surface area contributed by atoms with Gasteiger partial charge in [0, 0.05) is 62.1 Å². The van der Waals surface area contributed by atoms with E-state index in [0.29, 0.717) is 46.7 Å². The number of anilines is 6. The number of nitrogens with one attached hydrogen (secondary N) is 5. The van der Waals surface area contributed by atoms with Gasteiger partial charge in [-0.25, -0.2) is 29.5 Å². The largest absolute Gasteiger partial charge is 0.369 e. The Morgan fingerprint density at radius 1 is 0.440 bits per heavy atom. The molecule has 0 aliphatic heterocycles. The van der Waals surface area contributed by atoms with Gasteiger partial charge in [-0.2, -0.15) is 5.21 Å². The van der Waals surface area contributed by atoms with Crippen LogP contribution in [0.4, 0.5) is 44.2 Å². The van der Waals surface area contributed by atoms with Crippen molar-refractivity contribution >= 4 is 46.7 Å². The van der Waals surface area contributed by atoms with Crippen molar-refractivity contribution in [3.05, 3.63) is 230 Å². The second-order valence-electron chi connectivity index (χ2n) is 23.7. The number of tetrazole rings is 2. The van der Waals surface area contributed by atoms with Gasteiger partial charge in [-0.1, -0.05) is 207 Å². The second-order valence-corrected chi connectivity index (χ2v) is 23.7. The molecule has 462 valence electrons. The molecule has 0 aliphatic carbocycles. The Kier molecular flexibility index (Phi) is 20.6. The lowest BCUT2D eigenvalue weighted by Gasteiger charge is -2.34. The van der Waals surface area contributed by atoms with Crippen molar-refractivity contribution in [1.82, 2.24) is 60.8 Å². The van der Waals surface area contributed by atoms with Gasteiger partial charge in [0.1, 0.15) is 0 Å². The standard InChI is InChI=1S/C45H45N9O.C26H31N9O/c1-32(2)30-53(31-33(3)4)41-26-25-34(29-40(41)48-44(55)49-43-46-27-16-28-47-43)38-23-14-15-24-39(38)42-50-52-54(51-42)45(35-17-8-5-9-18-35,36-19-10-6-11-20-36)37-21-12-7-13-22-37;1-17(2)15-35(16-18(3)4)23-11-10-19(20-8-5-6-9-21(20)24-31-33-34-32-24)14-22(23)29-26(36)30-25-27-12-7-13-28-25/h5-29,32-33H,30-31H2,1-4H3,(H2,46,47,48,49,55);5-14,17-18H,15-16H2,1-4H3,(H,31,32,33,34)(H2,27,28,29,30,36). The highest BCUT2D eigenvalue weighted by Crippen LogP contribution is 2.42. The monoisotopic (exact) mass is 1210 g/mol. The molecule has 0 saturated heterocycles. The van der Waals surface area contributed by atoms with Crippen molar-refractivity contribution in [2.24, 2.45) is 23.7 Å². The van der Waals surface area contributed by atoms with Crippen molar-refractivity contribution in [1.29, 1.82) is 0 Å². The molecule has 11 aromatic rings. The van der Waals surface area contributed by atoms with Crippen LogP contribution in [0.5, 0.6) is 0 Å². The van der Waals surface area contributed by atoms with Crippen molar-refractivity contribution in [3.8, 4) is 45.0 Å². The number of urea groups is 2. The van der Waals surface area contributed by atoms with Gasteiger partial charge in [0.25, 0.3) is 0 Å². The van der Waals surface area contributed by atoms with Crippen molar-refractivity contribution in [2.45, 2.75) is 60.9 Å². The lowest BCUT2D eigenvalue weighted by atomic mass is 9.77.